The first kappa shape index (κ1) is 21.3. The molecule has 3 heterocycles. The summed E-state index contributed by atoms with van der Waals surface area (Å²) in [4.78, 5) is 16.3. The molecule has 4 rings (SSSR count). The van der Waals surface area contributed by atoms with Crippen LogP contribution in [0.5, 0.6) is 0 Å². The van der Waals surface area contributed by atoms with Gasteiger partial charge in [-0.3, -0.25) is 9.20 Å². The quantitative estimate of drug-likeness (QED) is 0.683. The Kier molecular flexibility index (Phi) is 5.67. The van der Waals surface area contributed by atoms with Gasteiger partial charge in [-0.05, 0) is 44.7 Å². The van der Waals surface area contributed by atoms with Crippen LogP contribution in [0.25, 0.3) is 5.65 Å². The molecule has 0 spiro atoms. The Balaban J connectivity index is 1.35. The van der Waals surface area contributed by atoms with Gasteiger partial charge in [0.1, 0.15) is 17.4 Å². The Labute approximate surface area is 177 Å². The van der Waals surface area contributed by atoms with E-state index in [4.69, 9.17) is 4.74 Å². The molecular formula is C20H25F3N6O2. The van der Waals surface area contributed by atoms with Gasteiger partial charge in [0.15, 0.2) is 5.69 Å². The number of hydrogen-bond donors (Lipinski definition) is 3. The summed E-state index contributed by atoms with van der Waals surface area (Å²) in [7, 11) is 1.49. The predicted octanol–water partition coefficient (Wildman–Crippen LogP) is 2.76. The van der Waals surface area contributed by atoms with E-state index in [0.717, 1.165) is 31.9 Å². The van der Waals surface area contributed by atoms with Crippen molar-refractivity contribution in [2.75, 3.05) is 12.4 Å². The normalized spacial score (nSPS) is 26.3. The zero-order valence-electron chi connectivity index (χ0n) is 17.2. The number of methoxy groups -OCH3 is 1. The number of nitrogens with one attached hydrogen (secondary N) is 3. The van der Waals surface area contributed by atoms with Gasteiger partial charge >= 0.3 is 6.18 Å². The molecule has 0 bridgehead atoms. The predicted molar refractivity (Wildman–Crippen MR) is 109 cm³/mol. The maximum absolute atomic E-state index is 13.0. The Morgan fingerprint density at radius 2 is 1.94 bits per heavy atom. The summed E-state index contributed by atoms with van der Waals surface area (Å²) in [6.45, 7) is 1.88. The largest absolute Gasteiger partial charge is 0.482 e. The number of nitrogens with zero attached hydrogens (tertiary/aromatic N) is 3. The second-order valence-electron chi connectivity index (χ2n) is 8.01. The molecule has 2 aromatic rings. The minimum atomic E-state index is -4.49. The summed E-state index contributed by atoms with van der Waals surface area (Å²) in [6, 6.07) is 4.97. The number of anilines is 1. The summed E-state index contributed by atoms with van der Waals surface area (Å²) in [6.07, 6.45) is -0.373. The molecule has 8 nitrogen and oxygen atoms in total. The Morgan fingerprint density at radius 1 is 1.23 bits per heavy atom. The number of rotatable bonds is 4. The number of hydrogen-bond acceptors (Lipinski definition) is 6. The van der Waals surface area contributed by atoms with Crippen molar-refractivity contribution in [2.24, 2.45) is 11.0 Å². The van der Waals surface area contributed by atoms with Crippen LogP contribution in [0.3, 0.4) is 0 Å². The second kappa shape index (κ2) is 8.27. The molecule has 168 valence electrons. The molecule has 1 amide bonds. The molecule has 3 N–H and O–H groups in total. The van der Waals surface area contributed by atoms with E-state index < -0.39 is 17.8 Å². The van der Waals surface area contributed by atoms with Gasteiger partial charge in [0.25, 0.3) is 0 Å². The Morgan fingerprint density at radius 3 is 2.61 bits per heavy atom. The molecule has 2 aromatic heterocycles. The van der Waals surface area contributed by atoms with Gasteiger partial charge in [-0.15, -0.1) is 5.10 Å². The third kappa shape index (κ3) is 4.40. The number of carbonyl (C=O) groups excluding carboxylic acids is 1. The molecule has 31 heavy (non-hydrogen) atoms. The first-order valence-electron chi connectivity index (χ1n) is 10.3. The highest BCUT2D eigenvalue weighted by Gasteiger charge is 2.37. The number of halogens is 3. The highest BCUT2D eigenvalue weighted by molar-refractivity contribution is 6.02. The van der Waals surface area contributed by atoms with E-state index in [0.29, 0.717) is 11.7 Å². The minimum absolute atomic E-state index is 0.0392. The first-order chi connectivity index (χ1) is 14.8. The SMILES string of the molecule is COC1=NNC(C)C1C(=O)NC1CCC(Nc2cccc3nc(C(F)(F)F)cn23)CC1. The maximum atomic E-state index is 13.0. The van der Waals surface area contributed by atoms with Crippen LogP contribution in [0.15, 0.2) is 29.5 Å². The lowest BCUT2D eigenvalue weighted by atomic mass is 9.90. The van der Waals surface area contributed by atoms with E-state index >= 15 is 0 Å². The van der Waals surface area contributed by atoms with Gasteiger partial charge in [-0.1, -0.05) is 6.07 Å². The first-order valence-corrected chi connectivity index (χ1v) is 10.3. The van der Waals surface area contributed by atoms with Crippen LogP contribution in [0, 0.1) is 5.92 Å². The van der Waals surface area contributed by atoms with Crippen LogP contribution in [-0.2, 0) is 15.7 Å². The zero-order chi connectivity index (χ0) is 22.2. The maximum Gasteiger partial charge on any atom is 0.434 e. The van der Waals surface area contributed by atoms with Crippen molar-refractivity contribution >= 4 is 23.3 Å². The number of aromatic nitrogens is 2. The van der Waals surface area contributed by atoms with E-state index in [1.54, 1.807) is 18.2 Å². The van der Waals surface area contributed by atoms with E-state index in [1.165, 1.54) is 11.5 Å². The number of hydrazone groups is 1. The molecule has 2 atom stereocenters. The number of fused-ring (bicyclic) bond motifs is 1. The monoisotopic (exact) mass is 438 g/mol. The Hall–Kier alpha value is -2.98. The fourth-order valence-electron chi connectivity index (χ4n) is 4.18. The van der Waals surface area contributed by atoms with Gasteiger partial charge in [0.05, 0.1) is 13.2 Å². The molecule has 0 saturated heterocycles. The number of amides is 1. The lowest BCUT2D eigenvalue weighted by Crippen LogP contribution is -2.47. The van der Waals surface area contributed by atoms with Crippen LogP contribution in [0.4, 0.5) is 19.0 Å². The number of pyridine rings is 1. The average molecular weight is 438 g/mol. The molecule has 1 aliphatic heterocycles. The average Bonchev–Trinajstić information content (AvgIpc) is 3.33. The number of carbonyl (C=O) groups is 1. The van der Waals surface area contributed by atoms with E-state index in [9.17, 15) is 18.0 Å². The molecule has 1 saturated carbocycles. The minimum Gasteiger partial charge on any atom is -0.482 e. The summed E-state index contributed by atoms with van der Waals surface area (Å²) < 4.78 is 45.6. The summed E-state index contributed by atoms with van der Waals surface area (Å²) in [5, 5.41) is 10.4. The topological polar surface area (TPSA) is 92.0 Å². The van der Waals surface area contributed by atoms with Gasteiger partial charge in [0, 0.05) is 18.3 Å². The highest BCUT2D eigenvalue weighted by atomic mass is 19.4. The van der Waals surface area contributed by atoms with Crippen molar-refractivity contribution in [2.45, 2.75) is 56.9 Å². The van der Waals surface area contributed by atoms with Crippen molar-refractivity contribution in [3.05, 3.63) is 30.1 Å². The number of alkyl halides is 3. The molecule has 11 heteroatoms. The van der Waals surface area contributed by atoms with Crippen LogP contribution >= 0.6 is 0 Å². The summed E-state index contributed by atoms with van der Waals surface area (Å²) in [5.41, 5.74) is 2.19. The lowest BCUT2D eigenvalue weighted by Gasteiger charge is -2.31. The van der Waals surface area contributed by atoms with Crippen LogP contribution in [0.1, 0.15) is 38.3 Å². The van der Waals surface area contributed by atoms with Gasteiger partial charge in [-0.2, -0.15) is 13.2 Å². The fraction of sp³-hybridized carbons (Fsp3) is 0.550. The third-order valence-electron chi connectivity index (χ3n) is 5.84. The van der Waals surface area contributed by atoms with Crippen molar-refractivity contribution in [1.29, 1.82) is 0 Å². The van der Waals surface area contributed by atoms with Gasteiger partial charge in [-0.25, -0.2) is 4.98 Å². The zero-order valence-corrected chi connectivity index (χ0v) is 17.2. The smallest absolute Gasteiger partial charge is 0.434 e. The molecule has 1 aliphatic carbocycles. The molecule has 0 aromatic carbocycles. The van der Waals surface area contributed by atoms with Crippen LogP contribution in [-0.4, -0.2) is 46.4 Å². The molecule has 0 radical (unpaired) electrons. The van der Waals surface area contributed by atoms with Crippen molar-refractivity contribution < 1.29 is 22.7 Å². The number of imidazole rings is 1. The fourth-order valence-corrected chi connectivity index (χ4v) is 4.18. The van der Waals surface area contributed by atoms with Crippen molar-refractivity contribution in [3.8, 4) is 0 Å². The summed E-state index contributed by atoms with van der Waals surface area (Å²) >= 11 is 0. The third-order valence-corrected chi connectivity index (χ3v) is 5.84. The van der Waals surface area contributed by atoms with Gasteiger partial charge < -0.3 is 20.8 Å². The number of ether oxygens (including phenoxy) is 1. The van der Waals surface area contributed by atoms with Crippen molar-refractivity contribution in [1.82, 2.24) is 20.1 Å². The standard InChI is InChI=1S/C20H25F3N6O2/c1-11-17(19(31-2)28-27-11)18(30)25-13-8-6-12(7-9-13)24-15-4-3-5-16-26-14(10-29(15)16)20(21,22)23/h3-5,10-13,17,24,27H,6-9H2,1-2H3,(H,25,30). The highest BCUT2D eigenvalue weighted by Crippen LogP contribution is 2.30. The van der Waals surface area contributed by atoms with E-state index in [1.807, 2.05) is 6.92 Å². The van der Waals surface area contributed by atoms with Gasteiger partial charge in [0.2, 0.25) is 11.8 Å². The molecule has 1 fully saturated rings. The molecule has 2 aliphatic rings. The summed E-state index contributed by atoms with van der Waals surface area (Å²) in [5.74, 6) is 0.381. The van der Waals surface area contributed by atoms with E-state index in [2.05, 4.69) is 26.1 Å². The molecular weight excluding hydrogens is 413 g/mol. The second-order valence-corrected chi connectivity index (χ2v) is 8.01. The van der Waals surface area contributed by atoms with E-state index in [-0.39, 0.29) is 29.7 Å². The lowest BCUT2D eigenvalue weighted by molar-refractivity contribution is -0.140. The van der Waals surface area contributed by atoms with Crippen LogP contribution in [0.2, 0.25) is 0 Å². The molecule has 2 unspecified atom stereocenters. The van der Waals surface area contributed by atoms with Crippen molar-refractivity contribution in [3.63, 3.8) is 0 Å². The van der Waals surface area contributed by atoms with Crippen LogP contribution < -0.4 is 16.1 Å². The Bertz CT molecular complexity index is 981.